The number of rotatable bonds is 6. The quantitative estimate of drug-likeness (QED) is 0.748. The van der Waals surface area contributed by atoms with E-state index < -0.39 is 19.0 Å². The molecule has 0 atom stereocenters. The van der Waals surface area contributed by atoms with Crippen LogP contribution in [0.15, 0.2) is 12.1 Å². The molecule has 1 aromatic rings. The summed E-state index contributed by atoms with van der Waals surface area (Å²) in [5.74, 6) is -4.18. The van der Waals surface area contributed by atoms with Crippen molar-refractivity contribution in [1.29, 1.82) is 0 Å². The molecule has 0 amide bonds. The normalized spacial score (nSPS) is 12.1. The molecule has 7 heteroatoms. The topological polar surface area (TPSA) is 31.4 Å². The van der Waals surface area contributed by atoms with Gasteiger partial charge in [0.05, 0.1) is 7.11 Å². The van der Waals surface area contributed by atoms with E-state index in [1.54, 1.807) is 6.07 Å². The van der Waals surface area contributed by atoms with Crippen LogP contribution in [-0.2, 0) is 0 Å². The molecule has 0 aliphatic carbocycles. The van der Waals surface area contributed by atoms with Gasteiger partial charge in [-0.1, -0.05) is 13.8 Å². The summed E-state index contributed by atoms with van der Waals surface area (Å²) >= 11 is 0. The summed E-state index contributed by atoms with van der Waals surface area (Å²) in [6.45, 7) is 2.37. The van der Waals surface area contributed by atoms with Crippen molar-refractivity contribution in [2.24, 2.45) is 0 Å². The van der Waals surface area contributed by atoms with E-state index in [0.29, 0.717) is 5.69 Å². The second-order valence-electron chi connectivity index (χ2n) is 4.25. The molecule has 19 heavy (non-hydrogen) atoms. The van der Waals surface area contributed by atoms with Gasteiger partial charge in [-0.3, -0.25) is 0 Å². The fourth-order valence-corrected chi connectivity index (χ4v) is 1.26. The summed E-state index contributed by atoms with van der Waals surface area (Å²) in [6, 6.07) is 2.95. The number of hydrogen-bond donors (Lipinski definition) is 0. The number of halogens is 4. The van der Waals surface area contributed by atoms with Crippen LogP contribution >= 0.6 is 0 Å². The molecular formula is C12H15F4NO2. The molecule has 1 rings (SSSR count). The first-order chi connectivity index (χ1) is 8.77. The average molecular weight is 281 g/mol. The molecule has 0 aromatic carbocycles. The minimum absolute atomic E-state index is 0.00346. The third-order valence-electron chi connectivity index (χ3n) is 2.37. The Kier molecular flexibility index (Phi) is 4.97. The number of ether oxygens (including phenoxy) is 2. The maximum absolute atomic E-state index is 12.7. The summed E-state index contributed by atoms with van der Waals surface area (Å²) < 4.78 is 59.0. The Morgan fingerprint density at radius 3 is 2.37 bits per heavy atom. The predicted molar refractivity (Wildman–Crippen MR) is 61.3 cm³/mol. The largest absolute Gasteiger partial charge is 0.481 e. The molecule has 0 saturated carbocycles. The Hall–Kier alpha value is -1.53. The number of aromatic nitrogens is 1. The van der Waals surface area contributed by atoms with Gasteiger partial charge in [-0.25, -0.2) is 13.8 Å². The Balaban J connectivity index is 2.84. The lowest BCUT2D eigenvalue weighted by molar-refractivity contribution is -0.148. The fourth-order valence-electron chi connectivity index (χ4n) is 1.26. The molecule has 3 nitrogen and oxygen atoms in total. The Bertz CT molecular complexity index is 424. The van der Waals surface area contributed by atoms with Crippen LogP contribution in [0.5, 0.6) is 11.6 Å². The van der Waals surface area contributed by atoms with Gasteiger partial charge in [-0.2, -0.15) is 8.78 Å². The standard InChI is InChI=1S/C12H15F4NO2/c1-7(2)8-4-5-9(10(17-8)18-3)19-6-12(15,16)11(13)14/h4-5,7,11H,6H2,1-3H3. The number of nitrogens with zero attached hydrogens (tertiary/aromatic N) is 1. The van der Waals surface area contributed by atoms with Crippen LogP contribution in [0, 0.1) is 0 Å². The number of hydrogen-bond acceptors (Lipinski definition) is 3. The van der Waals surface area contributed by atoms with Crippen molar-refractivity contribution in [2.75, 3.05) is 13.7 Å². The van der Waals surface area contributed by atoms with E-state index in [0.717, 1.165) is 0 Å². The zero-order chi connectivity index (χ0) is 14.6. The molecule has 0 radical (unpaired) electrons. The predicted octanol–water partition coefficient (Wildman–Crippen LogP) is 3.49. The minimum Gasteiger partial charge on any atom is -0.481 e. The minimum atomic E-state index is -4.21. The lowest BCUT2D eigenvalue weighted by atomic mass is 10.1. The van der Waals surface area contributed by atoms with E-state index in [2.05, 4.69) is 9.72 Å². The molecule has 108 valence electrons. The Labute approximate surface area is 108 Å². The molecular weight excluding hydrogens is 266 g/mol. The third kappa shape index (κ3) is 3.97. The van der Waals surface area contributed by atoms with Gasteiger partial charge in [0.25, 0.3) is 5.88 Å². The van der Waals surface area contributed by atoms with E-state index in [4.69, 9.17) is 4.74 Å². The average Bonchev–Trinajstić information content (AvgIpc) is 2.35. The summed E-state index contributed by atoms with van der Waals surface area (Å²) in [7, 11) is 1.30. The maximum atomic E-state index is 12.7. The molecule has 0 spiro atoms. The van der Waals surface area contributed by atoms with Crippen LogP contribution in [0.2, 0.25) is 0 Å². The van der Waals surface area contributed by atoms with Gasteiger partial charge in [-0.15, -0.1) is 0 Å². The van der Waals surface area contributed by atoms with Crippen LogP contribution in [0.25, 0.3) is 0 Å². The lowest BCUT2D eigenvalue weighted by Crippen LogP contribution is -2.33. The van der Waals surface area contributed by atoms with Crippen LogP contribution in [0.1, 0.15) is 25.5 Å². The summed E-state index contributed by atoms with van der Waals surface area (Å²) in [5.41, 5.74) is 0.685. The highest BCUT2D eigenvalue weighted by Crippen LogP contribution is 2.30. The number of alkyl halides is 4. The van der Waals surface area contributed by atoms with Crippen molar-refractivity contribution >= 4 is 0 Å². The first-order valence-electron chi connectivity index (χ1n) is 5.61. The van der Waals surface area contributed by atoms with Gasteiger partial charge in [0.2, 0.25) is 0 Å². The van der Waals surface area contributed by atoms with Crippen molar-refractivity contribution in [3.05, 3.63) is 17.8 Å². The molecule has 1 aromatic heterocycles. The van der Waals surface area contributed by atoms with Gasteiger partial charge in [-0.05, 0) is 18.1 Å². The van der Waals surface area contributed by atoms with E-state index in [-0.39, 0.29) is 17.5 Å². The second kappa shape index (κ2) is 6.08. The van der Waals surface area contributed by atoms with Crippen LogP contribution in [0.3, 0.4) is 0 Å². The van der Waals surface area contributed by atoms with Crippen LogP contribution in [0.4, 0.5) is 17.6 Å². The number of pyridine rings is 1. The smallest absolute Gasteiger partial charge is 0.340 e. The third-order valence-corrected chi connectivity index (χ3v) is 2.37. The van der Waals surface area contributed by atoms with E-state index in [1.807, 2.05) is 13.8 Å². The molecule has 0 aliphatic rings. The van der Waals surface area contributed by atoms with Crippen molar-refractivity contribution in [1.82, 2.24) is 4.98 Å². The highest BCUT2D eigenvalue weighted by atomic mass is 19.3. The van der Waals surface area contributed by atoms with Crippen LogP contribution in [-0.4, -0.2) is 31.0 Å². The number of methoxy groups -OCH3 is 1. The monoisotopic (exact) mass is 281 g/mol. The SMILES string of the molecule is COc1nc(C(C)C)ccc1OCC(F)(F)C(F)F. The van der Waals surface area contributed by atoms with Gasteiger partial charge < -0.3 is 9.47 Å². The Morgan fingerprint density at radius 1 is 1.26 bits per heavy atom. The van der Waals surface area contributed by atoms with Crippen LogP contribution < -0.4 is 9.47 Å². The molecule has 0 saturated heterocycles. The van der Waals surface area contributed by atoms with Gasteiger partial charge in [0.15, 0.2) is 12.4 Å². The van der Waals surface area contributed by atoms with E-state index in [1.165, 1.54) is 13.2 Å². The maximum Gasteiger partial charge on any atom is 0.340 e. The molecule has 0 N–H and O–H groups in total. The second-order valence-corrected chi connectivity index (χ2v) is 4.25. The highest BCUT2D eigenvalue weighted by Gasteiger charge is 2.42. The molecule has 0 unspecified atom stereocenters. The zero-order valence-electron chi connectivity index (χ0n) is 10.8. The first kappa shape index (κ1) is 15.5. The summed E-state index contributed by atoms with van der Waals surface area (Å²) in [6.07, 6.45) is -3.78. The van der Waals surface area contributed by atoms with Gasteiger partial charge in [0.1, 0.15) is 0 Å². The molecule has 0 fully saturated rings. The zero-order valence-corrected chi connectivity index (χ0v) is 10.8. The molecule has 0 bridgehead atoms. The summed E-state index contributed by atoms with van der Waals surface area (Å²) in [4.78, 5) is 4.06. The van der Waals surface area contributed by atoms with Crippen molar-refractivity contribution in [2.45, 2.75) is 32.1 Å². The van der Waals surface area contributed by atoms with Crippen molar-refractivity contribution in [3.63, 3.8) is 0 Å². The van der Waals surface area contributed by atoms with Gasteiger partial charge >= 0.3 is 12.3 Å². The fraction of sp³-hybridized carbons (Fsp3) is 0.583. The molecule has 0 aliphatic heterocycles. The highest BCUT2D eigenvalue weighted by molar-refractivity contribution is 5.35. The Morgan fingerprint density at radius 2 is 1.89 bits per heavy atom. The summed E-state index contributed by atoms with van der Waals surface area (Å²) in [5, 5.41) is 0. The van der Waals surface area contributed by atoms with Gasteiger partial charge in [0, 0.05) is 5.69 Å². The lowest BCUT2D eigenvalue weighted by Gasteiger charge is -2.17. The van der Waals surface area contributed by atoms with Crippen molar-refractivity contribution < 1.29 is 27.0 Å². The van der Waals surface area contributed by atoms with Crippen molar-refractivity contribution in [3.8, 4) is 11.6 Å². The molecule has 1 heterocycles. The van der Waals surface area contributed by atoms with E-state index in [9.17, 15) is 17.6 Å². The first-order valence-corrected chi connectivity index (χ1v) is 5.61. The van der Waals surface area contributed by atoms with E-state index >= 15 is 0 Å².